The van der Waals surface area contributed by atoms with Gasteiger partial charge in [-0.15, -0.1) is 0 Å². The van der Waals surface area contributed by atoms with E-state index >= 15 is 0 Å². The number of carbonyl (C=O) groups is 1. The van der Waals surface area contributed by atoms with Gasteiger partial charge >= 0.3 is 0 Å². The van der Waals surface area contributed by atoms with Gasteiger partial charge in [-0.1, -0.05) is 31.5 Å². The molecule has 1 aromatic carbocycles. The van der Waals surface area contributed by atoms with Crippen LogP contribution in [-0.2, 0) is 4.79 Å². The highest BCUT2D eigenvalue weighted by molar-refractivity contribution is 5.75. The fraction of sp³-hybridized carbons (Fsp3) is 0.562. The highest BCUT2D eigenvalue weighted by Crippen LogP contribution is 2.27. The van der Waals surface area contributed by atoms with Gasteiger partial charge in [0.15, 0.2) is 0 Å². The Morgan fingerprint density at radius 2 is 2.05 bits per heavy atom. The zero-order valence-electron chi connectivity index (χ0n) is 13.0. The molecule has 0 bridgehead atoms. The molecule has 0 fully saturated rings. The maximum absolute atomic E-state index is 11.8. The van der Waals surface area contributed by atoms with E-state index in [2.05, 4.69) is 17.1 Å². The molecule has 0 aromatic heterocycles. The molecule has 0 aliphatic carbocycles. The summed E-state index contributed by atoms with van der Waals surface area (Å²) in [6.45, 7) is 2.68. The minimum atomic E-state index is 0.108. The minimum absolute atomic E-state index is 0.108. The summed E-state index contributed by atoms with van der Waals surface area (Å²) in [7, 11) is 5.69. The molecule has 1 N–H and O–H groups in total. The van der Waals surface area contributed by atoms with Crippen LogP contribution in [0.1, 0.15) is 37.8 Å². The first-order valence-corrected chi connectivity index (χ1v) is 7.16. The second-order valence-electron chi connectivity index (χ2n) is 5.13. The van der Waals surface area contributed by atoms with Crippen LogP contribution in [0.2, 0.25) is 0 Å². The third-order valence-corrected chi connectivity index (χ3v) is 3.37. The fourth-order valence-electron chi connectivity index (χ4n) is 2.15. The van der Waals surface area contributed by atoms with Crippen molar-refractivity contribution in [3.05, 3.63) is 29.8 Å². The molecule has 20 heavy (non-hydrogen) atoms. The molecule has 0 spiro atoms. The number of benzene rings is 1. The van der Waals surface area contributed by atoms with Gasteiger partial charge in [-0.05, 0) is 26.6 Å². The lowest BCUT2D eigenvalue weighted by Gasteiger charge is -2.26. The Morgan fingerprint density at radius 3 is 2.65 bits per heavy atom. The van der Waals surface area contributed by atoms with Crippen molar-refractivity contribution < 1.29 is 9.53 Å². The molecule has 0 aliphatic rings. The highest BCUT2D eigenvalue weighted by atomic mass is 16.5. The van der Waals surface area contributed by atoms with Crippen molar-refractivity contribution in [1.82, 2.24) is 10.2 Å². The molecule has 0 heterocycles. The first-order chi connectivity index (χ1) is 9.60. The average Bonchev–Trinajstić information content (AvgIpc) is 2.45. The van der Waals surface area contributed by atoms with Gasteiger partial charge in [0.25, 0.3) is 0 Å². The maximum atomic E-state index is 11.8. The van der Waals surface area contributed by atoms with Gasteiger partial charge in [0.05, 0.1) is 13.2 Å². The molecule has 1 aromatic rings. The molecule has 0 saturated heterocycles. The zero-order valence-corrected chi connectivity index (χ0v) is 13.0. The van der Waals surface area contributed by atoms with Crippen molar-refractivity contribution in [3.63, 3.8) is 0 Å². The number of hydrogen-bond acceptors (Lipinski definition) is 3. The summed E-state index contributed by atoms with van der Waals surface area (Å²) in [6, 6.07) is 8.05. The quantitative estimate of drug-likeness (QED) is 0.794. The van der Waals surface area contributed by atoms with Gasteiger partial charge in [-0.25, -0.2) is 0 Å². The van der Waals surface area contributed by atoms with Crippen LogP contribution >= 0.6 is 0 Å². The molecular formula is C16H26N2O2. The number of ether oxygens (including phenoxy) is 1. The summed E-state index contributed by atoms with van der Waals surface area (Å²) in [5.41, 5.74) is 1.09. The van der Waals surface area contributed by atoms with E-state index in [4.69, 9.17) is 4.74 Å². The number of methoxy groups -OCH3 is 1. The van der Waals surface area contributed by atoms with Crippen LogP contribution in [0.3, 0.4) is 0 Å². The Kier molecular flexibility index (Phi) is 7.09. The van der Waals surface area contributed by atoms with Gasteiger partial charge in [0.1, 0.15) is 5.75 Å². The van der Waals surface area contributed by atoms with E-state index in [1.54, 1.807) is 7.11 Å². The Morgan fingerprint density at radius 1 is 1.35 bits per heavy atom. The summed E-state index contributed by atoms with van der Waals surface area (Å²) in [5, 5.41) is 3.01. The molecule has 112 valence electrons. The van der Waals surface area contributed by atoms with E-state index in [1.807, 2.05) is 38.4 Å². The molecule has 4 nitrogen and oxygen atoms in total. The summed E-state index contributed by atoms with van der Waals surface area (Å²) >= 11 is 0. The number of amides is 1. The van der Waals surface area contributed by atoms with Crippen molar-refractivity contribution in [2.75, 3.05) is 27.7 Å². The molecule has 1 atom stereocenters. The number of nitrogens with one attached hydrogen (secondary N) is 1. The number of unbranched alkanes of at least 4 members (excludes halogenated alkanes) is 1. The van der Waals surface area contributed by atoms with Crippen LogP contribution in [0.15, 0.2) is 24.3 Å². The van der Waals surface area contributed by atoms with Gasteiger partial charge in [-0.3, -0.25) is 4.79 Å². The standard InChI is InChI=1S/C16H26N2O2/c1-5-6-11-16(19)17-12-14(18(2)3)13-9-7-8-10-15(13)20-4/h7-10,14H,5-6,11-12H2,1-4H3,(H,17,19)/t14-/m0/s1. The highest BCUT2D eigenvalue weighted by Gasteiger charge is 2.18. The van der Waals surface area contributed by atoms with E-state index in [0.717, 1.165) is 24.2 Å². The lowest BCUT2D eigenvalue weighted by atomic mass is 10.0. The minimum Gasteiger partial charge on any atom is -0.496 e. The number of likely N-dealkylation sites (N-methyl/N-ethyl adjacent to an activating group) is 1. The lowest BCUT2D eigenvalue weighted by Crippen LogP contribution is -2.34. The molecule has 0 aliphatic heterocycles. The predicted octanol–water partition coefficient (Wildman–Crippen LogP) is 2.60. The Bertz CT molecular complexity index is 419. The third-order valence-electron chi connectivity index (χ3n) is 3.37. The smallest absolute Gasteiger partial charge is 0.220 e. The van der Waals surface area contributed by atoms with Crippen LogP contribution in [-0.4, -0.2) is 38.6 Å². The van der Waals surface area contributed by atoms with Gasteiger partial charge in [0, 0.05) is 18.5 Å². The summed E-state index contributed by atoms with van der Waals surface area (Å²) < 4.78 is 5.41. The zero-order chi connectivity index (χ0) is 15.0. The normalized spacial score (nSPS) is 12.2. The largest absolute Gasteiger partial charge is 0.496 e. The van der Waals surface area contributed by atoms with Crippen LogP contribution in [0.4, 0.5) is 0 Å². The second-order valence-corrected chi connectivity index (χ2v) is 5.13. The molecule has 1 amide bonds. The summed E-state index contributed by atoms with van der Waals surface area (Å²) in [6.07, 6.45) is 2.58. The van der Waals surface area contributed by atoms with Crippen molar-refractivity contribution in [3.8, 4) is 5.75 Å². The monoisotopic (exact) mass is 278 g/mol. The predicted molar refractivity (Wildman–Crippen MR) is 82.0 cm³/mol. The molecule has 4 heteroatoms. The van der Waals surface area contributed by atoms with Crippen molar-refractivity contribution in [1.29, 1.82) is 0 Å². The van der Waals surface area contributed by atoms with Crippen LogP contribution in [0, 0.1) is 0 Å². The molecular weight excluding hydrogens is 252 g/mol. The number of nitrogens with zero attached hydrogens (tertiary/aromatic N) is 1. The molecule has 0 unspecified atom stereocenters. The lowest BCUT2D eigenvalue weighted by molar-refractivity contribution is -0.121. The fourth-order valence-corrected chi connectivity index (χ4v) is 2.15. The van der Waals surface area contributed by atoms with E-state index < -0.39 is 0 Å². The van der Waals surface area contributed by atoms with Gasteiger partial charge in [0.2, 0.25) is 5.91 Å². The Hall–Kier alpha value is -1.55. The number of para-hydroxylation sites is 1. The molecule has 0 saturated carbocycles. The van der Waals surface area contributed by atoms with Crippen LogP contribution < -0.4 is 10.1 Å². The summed E-state index contributed by atoms with van der Waals surface area (Å²) in [4.78, 5) is 13.8. The van der Waals surface area contributed by atoms with Crippen molar-refractivity contribution in [2.45, 2.75) is 32.2 Å². The Labute approximate surface area is 122 Å². The second kappa shape index (κ2) is 8.59. The van der Waals surface area contributed by atoms with Crippen LogP contribution in [0.25, 0.3) is 0 Å². The number of carbonyl (C=O) groups excluding carboxylic acids is 1. The van der Waals surface area contributed by atoms with E-state index in [0.29, 0.717) is 13.0 Å². The van der Waals surface area contributed by atoms with Gasteiger partial charge in [-0.2, -0.15) is 0 Å². The third kappa shape index (κ3) is 4.85. The average molecular weight is 278 g/mol. The first kappa shape index (κ1) is 16.5. The van der Waals surface area contributed by atoms with Crippen LogP contribution in [0.5, 0.6) is 5.75 Å². The topological polar surface area (TPSA) is 41.6 Å². The summed E-state index contributed by atoms with van der Waals surface area (Å²) in [5.74, 6) is 0.975. The molecule has 0 radical (unpaired) electrons. The van der Waals surface area contributed by atoms with E-state index in [1.165, 1.54) is 0 Å². The van der Waals surface area contributed by atoms with Crippen molar-refractivity contribution >= 4 is 5.91 Å². The number of rotatable bonds is 8. The number of hydrogen-bond donors (Lipinski definition) is 1. The van der Waals surface area contributed by atoms with Gasteiger partial charge < -0.3 is 15.0 Å². The molecule has 1 rings (SSSR count). The Balaban J connectivity index is 2.72. The van der Waals surface area contributed by atoms with E-state index in [9.17, 15) is 4.79 Å². The maximum Gasteiger partial charge on any atom is 0.220 e. The SMILES string of the molecule is CCCCC(=O)NC[C@@H](c1ccccc1OC)N(C)C. The first-order valence-electron chi connectivity index (χ1n) is 7.16. The van der Waals surface area contributed by atoms with Crippen molar-refractivity contribution in [2.24, 2.45) is 0 Å². The van der Waals surface area contributed by atoms with E-state index in [-0.39, 0.29) is 11.9 Å².